The van der Waals surface area contributed by atoms with Crippen molar-refractivity contribution in [2.45, 2.75) is 13.5 Å². The van der Waals surface area contributed by atoms with E-state index in [1.54, 1.807) is 16.8 Å². The number of aryl methyl sites for hydroxylation is 2. The Bertz CT molecular complexity index is 622. The van der Waals surface area contributed by atoms with E-state index < -0.39 is 5.97 Å². The molecule has 0 amide bonds. The summed E-state index contributed by atoms with van der Waals surface area (Å²) in [4.78, 5) is 11.2. The first-order valence-corrected chi connectivity index (χ1v) is 6.70. The lowest BCUT2D eigenvalue weighted by Gasteiger charge is -2.09. The van der Waals surface area contributed by atoms with E-state index in [9.17, 15) is 4.79 Å². The average molecular weight is 372 g/mol. The molecule has 5 nitrogen and oxygen atoms in total. The van der Waals surface area contributed by atoms with Gasteiger partial charge in [0.2, 0.25) is 0 Å². The molecule has 0 saturated heterocycles. The van der Waals surface area contributed by atoms with Crippen LogP contribution in [0.3, 0.4) is 0 Å². The maximum atomic E-state index is 11.2. The van der Waals surface area contributed by atoms with Crippen LogP contribution in [0.25, 0.3) is 0 Å². The van der Waals surface area contributed by atoms with Gasteiger partial charge in [0.15, 0.2) is 0 Å². The molecule has 2 aromatic rings. The number of ether oxygens (including phenoxy) is 1. The fraction of sp³-hybridized carbons (Fsp3) is 0.231. The summed E-state index contributed by atoms with van der Waals surface area (Å²) < 4.78 is 8.17. The third-order valence-electron chi connectivity index (χ3n) is 2.65. The summed E-state index contributed by atoms with van der Waals surface area (Å²) in [7, 11) is 1.83. The molecule has 0 aliphatic carbocycles. The molecule has 2 rings (SSSR count). The number of carboxylic acid groups (broad SMARTS) is 1. The molecule has 1 heterocycles. The van der Waals surface area contributed by atoms with Crippen LogP contribution < -0.4 is 4.74 Å². The quantitative estimate of drug-likeness (QED) is 0.839. The number of hydrogen-bond acceptors (Lipinski definition) is 3. The molecule has 0 aliphatic heterocycles. The Kier molecular flexibility index (Phi) is 4.08. The van der Waals surface area contributed by atoms with E-state index >= 15 is 0 Å². The monoisotopic (exact) mass is 372 g/mol. The highest BCUT2D eigenvalue weighted by Gasteiger charge is 2.12. The Balaban J connectivity index is 2.20. The van der Waals surface area contributed by atoms with Crippen molar-refractivity contribution < 1.29 is 14.6 Å². The SMILES string of the molecule is Cc1cc(COc2ccc(I)cc2C(=O)O)n(C)n1. The van der Waals surface area contributed by atoms with Crippen molar-refractivity contribution in [3.05, 3.63) is 44.8 Å². The number of aromatic carboxylic acids is 1. The number of carbonyl (C=O) groups is 1. The summed E-state index contributed by atoms with van der Waals surface area (Å²) in [6.07, 6.45) is 0. The minimum absolute atomic E-state index is 0.172. The summed E-state index contributed by atoms with van der Waals surface area (Å²) in [6.45, 7) is 2.19. The zero-order chi connectivity index (χ0) is 14.0. The predicted octanol–water partition coefficient (Wildman–Crippen LogP) is 2.61. The first-order chi connectivity index (χ1) is 8.97. The molecule has 1 N–H and O–H groups in total. The zero-order valence-electron chi connectivity index (χ0n) is 10.6. The predicted molar refractivity (Wildman–Crippen MR) is 78.4 cm³/mol. The van der Waals surface area contributed by atoms with Crippen LogP contribution in [0.1, 0.15) is 21.7 Å². The molecule has 0 radical (unpaired) electrons. The van der Waals surface area contributed by atoms with E-state index in [4.69, 9.17) is 9.84 Å². The van der Waals surface area contributed by atoms with Crippen molar-refractivity contribution in [2.24, 2.45) is 7.05 Å². The molecule has 0 spiro atoms. The van der Waals surface area contributed by atoms with Gasteiger partial charge in [0, 0.05) is 10.6 Å². The van der Waals surface area contributed by atoms with E-state index in [1.807, 2.05) is 26.1 Å². The third kappa shape index (κ3) is 3.25. The number of benzene rings is 1. The first kappa shape index (κ1) is 13.9. The lowest BCUT2D eigenvalue weighted by molar-refractivity contribution is 0.0691. The molecule has 6 heteroatoms. The summed E-state index contributed by atoms with van der Waals surface area (Å²) in [6, 6.07) is 6.99. The van der Waals surface area contributed by atoms with Gasteiger partial charge in [0.05, 0.1) is 11.4 Å². The Hall–Kier alpha value is -1.57. The van der Waals surface area contributed by atoms with Crippen LogP contribution >= 0.6 is 22.6 Å². The maximum absolute atomic E-state index is 11.2. The normalized spacial score (nSPS) is 10.5. The fourth-order valence-corrected chi connectivity index (χ4v) is 2.24. The van der Waals surface area contributed by atoms with Gasteiger partial charge in [0.1, 0.15) is 17.9 Å². The van der Waals surface area contributed by atoms with Gasteiger partial charge in [0.25, 0.3) is 0 Å². The number of carboxylic acids is 1. The second-order valence-corrected chi connectivity index (χ2v) is 5.38. The van der Waals surface area contributed by atoms with Gasteiger partial charge in [-0.1, -0.05) is 0 Å². The van der Waals surface area contributed by atoms with Gasteiger partial charge in [-0.2, -0.15) is 5.10 Å². The summed E-state index contributed by atoms with van der Waals surface area (Å²) in [5.74, 6) is -0.624. The molecule has 0 aliphatic rings. The Labute approximate surface area is 124 Å². The Morgan fingerprint density at radius 3 is 2.79 bits per heavy atom. The Morgan fingerprint density at radius 1 is 1.47 bits per heavy atom. The molecule has 0 unspecified atom stereocenters. The number of aromatic nitrogens is 2. The van der Waals surface area contributed by atoms with Crippen LogP contribution in [0.4, 0.5) is 0 Å². The van der Waals surface area contributed by atoms with Crippen LogP contribution in [0.2, 0.25) is 0 Å². The minimum atomic E-state index is -0.991. The molecule has 1 aromatic carbocycles. The van der Waals surface area contributed by atoms with Crippen LogP contribution in [0.15, 0.2) is 24.3 Å². The van der Waals surface area contributed by atoms with Gasteiger partial charge >= 0.3 is 5.97 Å². The zero-order valence-corrected chi connectivity index (χ0v) is 12.7. The summed E-state index contributed by atoms with van der Waals surface area (Å²) >= 11 is 2.07. The fourth-order valence-electron chi connectivity index (χ4n) is 1.75. The van der Waals surface area contributed by atoms with Crippen LogP contribution in [0.5, 0.6) is 5.75 Å². The Morgan fingerprint density at radius 2 is 2.21 bits per heavy atom. The first-order valence-electron chi connectivity index (χ1n) is 5.62. The molecule has 100 valence electrons. The van der Waals surface area contributed by atoms with E-state index in [0.717, 1.165) is 15.0 Å². The molecule has 0 bridgehead atoms. The van der Waals surface area contributed by atoms with Gasteiger partial charge in [-0.3, -0.25) is 4.68 Å². The highest BCUT2D eigenvalue weighted by atomic mass is 127. The van der Waals surface area contributed by atoms with E-state index in [1.165, 1.54) is 0 Å². The number of nitrogens with zero attached hydrogens (tertiary/aromatic N) is 2. The smallest absolute Gasteiger partial charge is 0.339 e. The molecule has 0 atom stereocenters. The highest BCUT2D eigenvalue weighted by molar-refractivity contribution is 14.1. The van der Waals surface area contributed by atoms with Gasteiger partial charge in [-0.15, -0.1) is 0 Å². The van der Waals surface area contributed by atoms with Crippen LogP contribution in [-0.2, 0) is 13.7 Å². The van der Waals surface area contributed by atoms with Gasteiger partial charge in [-0.25, -0.2) is 4.79 Å². The van der Waals surface area contributed by atoms with E-state index in [2.05, 4.69) is 27.7 Å². The van der Waals surface area contributed by atoms with Crippen molar-refractivity contribution in [3.63, 3.8) is 0 Å². The van der Waals surface area contributed by atoms with Crippen LogP contribution in [-0.4, -0.2) is 20.9 Å². The minimum Gasteiger partial charge on any atom is -0.486 e. The highest BCUT2D eigenvalue weighted by Crippen LogP contribution is 2.22. The van der Waals surface area contributed by atoms with Crippen LogP contribution in [0, 0.1) is 10.5 Å². The largest absolute Gasteiger partial charge is 0.486 e. The molecular formula is C13H13IN2O3. The third-order valence-corrected chi connectivity index (χ3v) is 3.32. The lowest BCUT2D eigenvalue weighted by Crippen LogP contribution is -2.06. The van der Waals surface area contributed by atoms with Crippen molar-refractivity contribution >= 4 is 28.6 Å². The van der Waals surface area contributed by atoms with Crippen molar-refractivity contribution in [1.29, 1.82) is 0 Å². The molecule has 19 heavy (non-hydrogen) atoms. The number of halogens is 1. The molecule has 1 aromatic heterocycles. The van der Waals surface area contributed by atoms with Crippen molar-refractivity contribution in [2.75, 3.05) is 0 Å². The van der Waals surface area contributed by atoms with Crippen molar-refractivity contribution in [3.8, 4) is 5.75 Å². The second kappa shape index (κ2) is 5.60. The molecular weight excluding hydrogens is 359 g/mol. The topological polar surface area (TPSA) is 64.3 Å². The van der Waals surface area contributed by atoms with Crippen molar-refractivity contribution in [1.82, 2.24) is 9.78 Å². The number of hydrogen-bond donors (Lipinski definition) is 1. The maximum Gasteiger partial charge on any atom is 0.339 e. The van der Waals surface area contributed by atoms with E-state index in [0.29, 0.717) is 5.75 Å². The van der Waals surface area contributed by atoms with E-state index in [-0.39, 0.29) is 12.2 Å². The van der Waals surface area contributed by atoms with Gasteiger partial charge < -0.3 is 9.84 Å². The molecule has 0 fully saturated rings. The summed E-state index contributed by atoms with van der Waals surface area (Å²) in [5, 5.41) is 13.4. The second-order valence-electron chi connectivity index (χ2n) is 4.13. The summed E-state index contributed by atoms with van der Waals surface area (Å²) in [5.41, 5.74) is 1.97. The standard InChI is InChI=1S/C13H13IN2O3/c1-8-5-10(16(2)15-8)7-19-12-4-3-9(14)6-11(12)13(17)18/h3-6H,7H2,1-2H3,(H,17,18). The molecule has 0 saturated carbocycles. The lowest BCUT2D eigenvalue weighted by atomic mass is 10.2. The number of rotatable bonds is 4. The van der Waals surface area contributed by atoms with Gasteiger partial charge in [-0.05, 0) is 53.8 Å². The average Bonchev–Trinajstić information content (AvgIpc) is 2.66.